The Balaban J connectivity index is 1.60. The molecule has 2 aromatic rings. The third-order valence-corrected chi connectivity index (χ3v) is 4.81. The number of likely N-dealkylation sites (N-methyl/N-ethyl adjacent to an activating group) is 1. The minimum atomic E-state index is -0.347. The number of aromatic nitrogens is 2. The van der Waals surface area contributed by atoms with E-state index in [2.05, 4.69) is 14.9 Å². The highest BCUT2D eigenvalue weighted by Crippen LogP contribution is 2.17. The van der Waals surface area contributed by atoms with Crippen LogP contribution in [0.25, 0.3) is 11.0 Å². The van der Waals surface area contributed by atoms with Crippen LogP contribution in [0.5, 0.6) is 0 Å². The van der Waals surface area contributed by atoms with Crippen molar-refractivity contribution in [2.75, 3.05) is 13.6 Å². The summed E-state index contributed by atoms with van der Waals surface area (Å²) in [6.45, 7) is 0.522. The summed E-state index contributed by atoms with van der Waals surface area (Å²) in [5.41, 5.74) is 2.06. The monoisotopic (exact) mass is 328 g/mol. The minimum absolute atomic E-state index is 0.0583. The van der Waals surface area contributed by atoms with Crippen LogP contribution in [0.2, 0.25) is 0 Å². The number of likely N-dealkylation sites (tertiary alicyclic amines) is 1. The number of hydrogen-bond donors (Lipinski definition) is 1. The van der Waals surface area contributed by atoms with Crippen molar-refractivity contribution < 1.29 is 9.59 Å². The number of carbonyl (C=O) groups excluding carboxylic acids is 2. The minimum Gasteiger partial charge on any atom is -0.354 e. The van der Waals surface area contributed by atoms with Crippen molar-refractivity contribution in [1.29, 1.82) is 0 Å². The Hall–Kier alpha value is -2.37. The van der Waals surface area contributed by atoms with Gasteiger partial charge in [0.15, 0.2) is 0 Å². The molecular weight excluding hydrogens is 304 g/mol. The van der Waals surface area contributed by atoms with E-state index in [1.807, 2.05) is 31.3 Å². The van der Waals surface area contributed by atoms with Crippen LogP contribution in [0.4, 0.5) is 0 Å². The van der Waals surface area contributed by atoms with Crippen LogP contribution in [-0.4, -0.2) is 45.9 Å². The zero-order valence-electron chi connectivity index (χ0n) is 14.3. The Morgan fingerprint density at radius 3 is 2.88 bits per heavy atom. The van der Waals surface area contributed by atoms with Crippen molar-refractivity contribution in [3.63, 3.8) is 0 Å². The molecule has 0 saturated carbocycles. The highest BCUT2D eigenvalue weighted by atomic mass is 16.2. The Labute approximate surface area is 141 Å². The molecule has 128 valence electrons. The molecular formula is C18H24N4O2. The van der Waals surface area contributed by atoms with E-state index in [-0.39, 0.29) is 17.9 Å². The van der Waals surface area contributed by atoms with Crippen LogP contribution < -0.4 is 5.32 Å². The first-order chi connectivity index (χ1) is 11.6. The van der Waals surface area contributed by atoms with Gasteiger partial charge in [-0.05, 0) is 25.0 Å². The molecule has 1 aromatic carbocycles. The summed E-state index contributed by atoms with van der Waals surface area (Å²) in [6, 6.07) is 7.65. The van der Waals surface area contributed by atoms with Gasteiger partial charge in [-0.3, -0.25) is 9.59 Å². The predicted octanol–water partition coefficient (Wildman–Crippen LogP) is 1.63. The van der Waals surface area contributed by atoms with Crippen molar-refractivity contribution in [2.45, 2.75) is 38.1 Å². The number of fused-ring (bicyclic) bond motifs is 1. The van der Waals surface area contributed by atoms with Gasteiger partial charge in [0.05, 0.1) is 11.0 Å². The van der Waals surface area contributed by atoms with Crippen LogP contribution in [-0.2, 0) is 23.1 Å². The fourth-order valence-corrected chi connectivity index (χ4v) is 3.30. The molecule has 0 spiro atoms. The van der Waals surface area contributed by atoms with Crippen LogP contribution in [0, 0.1) is 0 Å². The van der Waals surface area contributed by atoms with Gasteiger partial charge in [0, 0.05) is 33.5 Å². The van der Waals surface area contributed by atoms with Gasteiger partial charge in [-0.25, -0.2) is 4.98 Å². The second kappa shape index (κ2) is 7.03. The first kappa shape index (κ1) is 16.5. The lowest BCUT2D eigenvalue weighted by atomic mass is 10.1. The quantitative estimate of drug-likeness (QED) is 0.928. The number of imidazole rings is 1. The zero-order valence-corrected chi connectivity index (χ0v) is 14.3. The van der Waals surface area contributed by atoms with Crippen LogP contribution >= 0.6 is 0 Å². The maximum absolute atomic E-state index is 12.4. The topological polar surface area (TPSA) is 67.2 Å². The molecule has 1 unspecified atom stereocenters. The summed E-state index contributed by atoms with van der Waals surface area (Å²) in [5.74, 6) is 0.941. The van der Waals surface area contributed by atoms with Gasteiger partial charge in [-0.1, -0.05) is 18.6 Å². The molecule has 0 aliphatic carbocycles. The van der Waals surface area contributed by atoms with Gasteiger partial charge in [0.1, 0.15) is 11.9 Å². The molecule has 1 N–H and O–H groups in total. The fourth-order valence-electron chi connectivity index (χ4n) is 3.30. The summed E-state index contributed by atoms with van der Waals surface area (Å²) in [5, 5.41) is 2.97. The van der Waals surface area contributed by atoms with E-state index in [4.69, 9.17) is 0 Å². The van der Waals surface area contributed by atoms with Gasteiger partial charge in [-0.2, -0.15) is 0 Å². The average molecular weight is 328 g/mol. The average Bonchev–Trinajstić information content (AvgIpc) is 2.80. The summed E-state index contributed by atoms with van der Waals surface area (Å²) in [7, 11) is 3.72. The molecule has 1 saturated heterocycles. The molecule has 6 heteroatoms. The summed E-state index contributed by atoms with van der Waals surface area (Å²) in [6.07, 6.45) is 3.73. The molecule has 1 atom stereocenters. The number of amides is 2. The fraction of sp³-hybridized carbons (Fsp3) is 0.500. The van der Waals surface area contributed by atoms with E-state index in [9.17, 15) is 9.59 Å². The van der Waals surface area contributed by atoms with E-state index in [0.29, 0.717) is 19.4 Å². The summed E-state index contributed by atoms with van der Waals surface area (Å²) in [4.78, 5) is 30.5. The second-order valence-corrected chi connectivity index (χ2v) is 6.38. The van der Waals surface area contributed by atoms with Crippen LogP contribution in [0.1, 0.15) is 31.5 Å². The van der Waals surface area contributed by atoms with E-state index in [0.717, 1.165) is 36.1 Å². The lowest BCUT2D eigenvalue weighted by molar-refractivity contribution is -0.138. The largest absolute Gasteiger partial charge is 0.354 e. The zero-order chi connectivity index (χ0) is 17.1. The van der Waals surface area contributed by atoms with Crippen molar-refractivity contribution in [2.24, 2.45) is 7.05 Å². The number of hydrogen-bond acceptors (Lipinski definition) is 3. The molecule has 6 nitrogen and oxygen atoms in total. The number of nitrogens with one attached hydrogen (secondary N) is 1. The third-order valence-electron chi connectivity index (χ3n) is 4.81. The molecule has 1 aliphatic heterocycles. The lowest BCUT2D eigenvalue weighted by Crippen LogP contribution is -2.47. The Morgan fingerprint density at radius 2 is 2.08 bits per heavy atom. The molecule has 1 fully saturated rings. The number of para-hydroxylation sites is 2. The highest BCUT2D eigenvalue weighted by Gasteiger charge is 2.28. The van der Waals surface area contributed by atoms with E-state index < -0.39 is 0 Å². The van der Waals surface area contributed by atoms with Crippen molar-refractivity contribution in [1.82, 2.24) is 19.8 Å². The maximum Gasteiger partial charge on any atom is 0.242 e. The van der Waals surface area contributed by atoms with Gasteiger partial charge in [-0.15, -0.1) is 0 Å². The Kier molecular flexibility index (Phi) is 4.83. The summed E-state index contributed by atoms with van der Waals surface area (Å²) >= 11 is 0. The van der Waals surface area contributed by atoms with Crippen molar-refractivity contribution >= 4 is 22.8 Å². The summed E-state index contributed by atoms with van der Waals surface area (Å²) < 4.78 is 2.06. The standard InChI is InChI=1S/C18H24N4O2/c1-21-14-8-4-3-7-13(14)20-16(21)11-12-19-18(24)15-9-5-6-10-17(23)22(15)2/h3-4,7-8,15H,5-6,9-12H2,1-2H3,(H,19,24). The van der Waals surface area contributed by atoms with Gasteiger partial charge in [0.25, 0.3) is 0 Å². The molecule has 0 bridgehead atoms. The van der Waals surface area contributed by atoms with Gasteiger partial charge in [0.2, 0.25) is 11.8 Å². The molecule has 3 rings (SSSR count). The highest BCUT2D eigenvalue weighted by molar-refractivity contribution is 5.87. The Morgan fingerprint density at radius 1 is 1.29 bits per heavy atom. The number of carbonyl (C=O) groups is 2. The first-order valence-corrected chi connectivity index (χ1v) is 8.51. The van der Waals surface area contributed by atoms with Crippen LogP contribution in [0.15, 0.2) is 24.3 Å². The first-order valence-electron chi connectivity index (χ1n) is 8.51. The van der Waals surface area contributed by atoms with E-state index in [1.165, 1.54) is 0 Å². The molecule has 24 heavy (non-hydrogen) atoms. The molecule has 2 amide bonds. The smallest absolute Gasteiger partial charge is 0.242 e. The normalized spacial score (nSPS) is 18.7. The predicted molar refractivity (Wildman–Crippen MR) is 92.5 cm³/mol. The van der Waals surface area contributed by atoms with Crippen molar-refractivity contribution in [3.8, 4) is 0 Å². The SMILES string of the molecule is CN1C(=O)CCCCC1C(=O)NCCc1nc2ccccc2n1C. The maximum atomic E-state index is 12.4. The molecule has 1 aliphatic rings. The van der Waals surface area contributed by atoms with E-state index in [1.54, 1.807) is 11.9 Å². The molecule has 1 aromatic heterocycles. The van der Waals surface area contributed by atoms with Crippen molar-refractivity contribution in [3.05, 3.63) is 30.1 Å². The second-order valence-electron chi connectivity index (χ2n) is 6.38. The number of rotatable bonds is 4. The number of nitrogens with zero attached hydrogens (tertiary/aromatic N) is 3. The van der Waals surface area contributed by atoms with E-state index >= 15 is 0 Å². The van der Waals surface area contributed by atoms with Gasteiger partial charge < -0.3 is 14.8 Å². The molecule has 0 radical (unpaired) electrons. The van der Waals surface area contributed by atoms with Gasteiger partial charge >= 0.3 is 0 Å². The third kappa shape index (κ3) is 3.27. The number of benzene rings is 1. The number of aryl methyl sites for hydroxylation is 1. The van der Waals surface area contributed by atoms with Crippen LogP contribution in [0.3, 0.4) is 0 Å². The Bertz CT molecular complexity index is 753. The lowest BCUT2D eigenvalue weighted by Gasteiger charge is -2.25. The molecule has 2 heterocycles.